The van der Waals surface area contributed by atoms with Crippen molar-refractivity contribution in [1.29, 1.82) is 0 Å². The van der Waals surface area contributed by atoms with Crippen LogP contribution in [0.25, 0.3) is 12.2 Å². The quantitative estimate of drug-likeness (QED) is 0.0216. The van der Waals surface area contributed by atoms with E-state index in [-0.39, 0.29) is 34.9 Å². The van der Waals surface area contributed by atoms with Gasteiger partial charge in [0.15, 0.2) is 78.1 Å². The molecular weight excluding hydrogens is 1160 g/mol. The first kappa shape index (κ1) is 55.6. The molecule has 2 fully saturated rings. The maximum absolute atomic E-state index is 15.4. The number of hydrogen-bond donors (Lipinski definition) is 0. The molecule has 0 saturated carbocycles. The minimum atomic E-state index is -6.53. The second kappa shape index (κ2) is 21.3. The van der Waals surface area contributed by atoms with Crippen LogP contribution in [-0.2, 0) is 39.4 Å². The Morgan fingerprint density at radius 1 is 0.350 bits per heavy atom. The fourth-order valence-electron chi connectivity index (χ4n) is 7.88. The van der Waals surface area contributed by atoms with Gasteiger partial charge in [0.2, 0.25) is 11.6 Å². The van der Waals surface area contributed by atoms with Gasteiger partial charge in [-0.1, -0.05) is 72.8 Å². The number of carbonyl (C=O) groups is 4. The maximum Gasteiger partial charge on any atom is 0.345 e. The SMILES string of the molecule is O=C1C(=Cc2cc(OS(=O)(=O)c3c(F)c(F)c(F)c(F)c3F)c(C=C3C(=O)N(c4ccccc4)C(=S)N(c4ccccc4)C3=O)cc2OS(=O)(=O)c2c(F)c(F)c(F)c(F)c2F)C(=O)N(c2ccccc2)C(=S)N1c1ccccc1. The van der Waals surface area contributed by atoms with Gasteiger partial charge in [-0.25, -0.2) is 43.9 Å². The summed E-state index contributed by atoms with van der Waals surface area (Å²) in [6, 6.07) is 28.3. The number of rotatable bonds is 12. The zero-order valence-electron chi connectivity index (χ0n) is 39.1. The van der Waals surface area contributed by atoms with Crippen LogP contribution >= 0.6 is 24.4 Å². The molecule has 28 heteroatoms. The minimum Gasteiger partial charge on any atom is -0.378 e. The van der Waals surface area contributed by atoms with Gasteiger partial charge in [-0.3, -0.25) is 38.8 Å². The summed E-state index contributed by atoms with van der Waals surface area (Å²) >= 11 is 11.2. The lowest BCUT2D eigenvalue weighted by molar-refractivity contribution is -0.122. The molecule has 0 N–H and O–H groups in total. The summed E-state index contributed by atoms with van der Waals surface area (Å²) in [4.78, 5) is 56.3. The maximum atomic E-state index is 15.4. The van der Waals surface area contributed by atoms with Crippen LogP contribution in [0.4, 0.5) is 66.7 Å². The first-order chi connectivity index (χ1) is 37.9. The van der Waals surface area contributed by atoms with Gasteiger partial charge >= 0.3 is 20.2 Å². The number of thiocarbonyl (C=S) groups is 2. The molecule has 0 aromatic heterocycles. The number of para-hydroxylation sites is 4. The van der Waals surface area contributed by atoms with Crippen molar-refractivity contribution in [2.75, 3.05) is 19.6 Å². The van der Waals surface area contributed by atoms with Crippen molar-refractivity contribution in [2.24, 2.45) is 0 Å². The lowest BCUT2D eigenvalue weighted by Gasteiger charge is -2.36. The van der Waals surface area contributed by atoms with E-state index in [1.807, 2.05) is 0 Å². The molecule has 0 atom stereocenters. The van der Waals surface area contributed by atoms with Crippen LogP contribution in [-0.4, -0.2) is 50.7 Å². The minimum absolute atomic E-state index is 0.0532. The van der Waals surface area contributed by atoms with Gasteiger partial charge in [0.25, 0.3) is 23.6 Å². The average molecular weight is 1180 g/mol. The summed E-state index contributed by atoms with van der Waals surface area (Å²) in [5.41, 5.74) is -4.96. The number of anilines is 4. The zero-order chi connectivity index (χ0) is 57.9. The smallest absolute Gasteiger partial charge is 0.345 e. The predicted molar refractivity (Wildman–Crippen MR) is 271 cm³/mol. The number of benzene rings is 7. The molecule has 406 valence electrons. The second-order valence-electron chi connectivity index (χ2n) is 16.4. The molecule has 4 amide bonds. The Labute approximate surface area is 454 Å². The van der Waals surface area contributed by atoms with E-state index in [4.69, 9.17) is 32.8 Å². The molecule has 2 saturated heterocycles. The van der Waals surface area contributed by atoms with Crippen molar-refractivity contribution < 1.29 is 88.3 Å². The molecule has 0 bridgehead atoms. The molecule has 0 radical (unpaired) electrons. The molecule has 2 heterocycles. The highest BCUT2D eigenvalue weighted by atomic mass is 32.2. The lowest BCUT2D eigenvalue weighted by atomic mass is 10.00. The Bertz CT molecular complexity index is 3700. The van der Waals surface area contributed by atoms with Crippen molar-refractivity contribution in [3.05, 3.63) is 214 Å². The van der Waals surface area contributed by atoms with E-state index in [1.165, 1.54) is 121 Å². The highest BCUT2D eigenvalue weighted by Gasteiger charge is 2.45. The summed E-state index contributed by atoms with van der Waals surface area (Å²) in [6.45, 7) is 0. The first-order valence-electron chi connectivity index (χ1n) is 22.1. The molecule has 7 aromatic carbocycles. The highest BCUT2D eigenvalue weighted by Crippen LogP contribution is 2.41. The molecule has 0 spiro atoms. The van der Waals surface area contributed by atoms with Crippen molar-refractivity contribution in [3.8, 4) is 11.5 Å². The van der Waals surface area contributed by atoms with Gasteiger partial charge in [0.1, 0.15) is 11.1 Å². The topological polar surface area (TPSA) is 168 Å². The van der Waals surface area contributed by atoms with Gasteiger partial charge < -0.3 is 8.37 Å². The molecule has 9 rings (SSSR count). The van der Waals surface area contributed by atoms with Crippen LogP contribution in [0.1, 0.15) is 11.1 Å². The molecule has 0 unspecified atom stereocenters. The van der Waals surface area contributed by atoms with E-state index in [0.29, 0.717) is 12.2 Å². The van der Waals surface area contributed by atoms with E-state index in [1.54, 1.807) is 0 Å². The standard InChI is InChI=1S/C52H24F10N4O10S4/c53-35-37(55)41(59)45(42(60)38(35)56)79(71,72)75-33-24-26(22-32-49(69)65(29-17-9-3-10-18-29)52(78)66(50(32)70)30-19-11-4-12-20-30)34(76-80(73,74)46-43(61)39(57)36(54)40(58)44(46)62)23-25(33)21-31-47(67)63(27-13-5-1-6-14-27)51(77)64(48(31)68)28-15-7-2-8-16-28/h1-24H. The van der Waals surface area contributed by atoms with Crippen molar-refractivity contribution in [1.82, 2.24) is 0 Å². The Morgan fingerprint density at radius 2 is 0.562 bits per heavy atom. The normalized spacial score (nSPS) is 14.3. The Kier molecular flexibility index (Phi) is 14.8. The summed E-state index contributed by atoms with van der Waals surface area (Å²) < 4.78 is 215. The van der Waals surface area contributed by atoms with E-state index < -0.39 is 156 Å². The monoisotopic (exact) mass is 1180 g/mol. The van der Waals surface area contributed by atoms with Crippen molar-refractivity contribution >= 4 is 113 Å². The van der Waals surface area contributed by atoms with Crippen LogP contribution < -0.4 is 28.0 Å². The summed E-state index contributed by atoms with van der Waals surface area (Å²) in [6.07, 6.45) is 0.722. The van der Waals surface area contributed by atoms with E-state index in [0.717, 1.165) is 19.6 Å². The van der Waals surface area contributed by atoms with Crippen LogP contribution in [0.5, 0.6) is 11.5 Å². The average Bonchev–Trinajstić information content (AvgIpc) is 3.43. The first-order valence-corrected chi connectivity index (χ1v) is 25.7. The van der Waals surface area contributed by atoms with Gasteiger partial charge in [0, 0.05) is 11.1 Å². The molecule has 7 aromatic rings. The Hall–Kier alpha value is -9.12. The molecule has 0 aliphatic carbocycles. The number of nitrogens with zero attached hydrogens (tertiary/aromatic N) is 4. The van der Waals surface area contributed by atoms with Crippen LogP contribution in [0, 0.1) is 58.2 Å². The lowest BCUT2D eigenvalue weighted by Crippen LogP contribution is -2.57. The third kappa shape index (κ3) is 9.70. The Balaban J connectivity index is 1.37. The molecule has 2 aliphatic rings. The van der Waals surface area contributed by atoms with Crippen LogP contribution in [0.15, 0.2) is 154 Å². The number of hydrogen-bond acceptors (Lipinski definition) is 12. The largest absolute Gasteiger partial charge is 0.378 e. The zero-order valence-corrected chi connectivity index (χ0v) is 42.4. The fraction of sp³-hybridized carbons (Fsp3) is 0. The van der Waals surface area contributed by atoms with Crippen molar-refractivity contribution in [2.45, 2.75) is 9.79 Å². The molecule has 2 aliphatic heterocycles. The Morgan fingerprint density at radius 3 is 0.787 bits per heavy atom. The third-order valence-electron chi connectivity index (χ3n) is 11.5. The van der Waals surface area contributed by atoms with E-state index in [2.05, 4.69) is 0 Å². The summed E-state index contributed by atoms with van der Waals surface area (Å²) in [7, 11) is -13.1. The molecular formula is C52H24F10N4O10S4. The number of halogens is 10. The van der Waals surface area contributed by atoms with Gasteiger partial charge in [0.05, 0.1) is 22.7 Å². The van der Waals surface area contributed by atoms with Gasteiger partial charge in [-0.2, -0.15) is 16.8 Å². The second-order valence-corrected chi connectivity index (χ2v) is 20.1. The highest BCUT2D eigenvalue weighted by molar-refractivity contribution is 7.87. The van der Waals surface area contributed by atoms with E-state index >= 15 is 17.6 Å². The summed E-state index contributed by atoms with van der Waals surface area (Å²) in [5, 5.41) is -1.06. The van der Waals surface area contributed by atoms with Crippen LogP contribution in [0.3, 0.4) is 0 Å². The molecule has 80 heavy (non-hydrogen) atoms. The van der Waals surface area contributed by atoms with Gasteiger partial charge in [-0.15, -0.1) is 0 Å². The number of amides is 4. The number of carbonyl (C=O) groups excluding carboxylic acids is 4. The van der Waals surface area contributed by atoms with Gasteiger partial charge in [-0.05, 0) is 97.3 Å². The fourth-order valence-corrected chi connectivity index (χ4v) is 10.8. The van der Waals surface area contributed by atoms with Crippen molar-refractivity contribution in [3.63, 3.8) is 0 Å². The third-order valence-corrected chi connectivity index (χ3v) is 14.8. The molecule has 14 nitrogen and oxygen atoms in total. The van der Waals surface area contributed by atoms with E-state index in [9.17, 15) is 62.4 Å². The van der Waals surface area contributed by atoms with Crippen LogP contribution in [0.2, 0.25) is 0 Å². The predicted octanol–water partition coefficient (Wildman–Crippen LogP) is 10.1. The summed E-state index contributed by atoms with van der Waals surface area (Å²) in [5.74, 6) is -37.7.